The van der Waals surface area contributed by atoms with Gasteiger partial charge in [0.05, 0.1) is 16.4 Å². The number of anilines is 1. The smallest absolute Gasteiger partial charge is 0.311 e. The van der Waals surface area contributed by atoms with Gasteiger partial charge in [0.1, 0.15) is 12.7 Å². The average molecular weight is 350 g/mol. The third kappa shape index (κ3) is 3.81. The Morgan fingerprint density at radius 2 is 1.96 bits per heavy atom. The first-order chi connectivity index (χ1) is 11.5. The van der Waals surface area contributed by atoms with E-state index in [9.17, 15) is 18.5 Å². The molecule has 0 aliphatic carbocycles. The number of ether oxygens (including phenoxy) is 2. The molecular formula is C15H14N2O6S. The highest BCUT2D eigenvalue weighted by molar-refractivity contribution is 7.92. The van der Waals surface area contributed by atoms with Gasteiger partial charge in [0.2, 0.25) is 0 Å². The molecule has 24 heavy (non-hydrogen) atoms. The molecule has 1 aliphatic heterocycles. The highest BCUT2D eigenvalue weighted by atomic mass is 32.2. The number of hydrogen-bond donors (Lipinski definition) is 1. The minimum Gasteiger partial charge on any atom is -0.484 e. The summed E-state index contributed by atoms with van der Waals surface area (Å²) in [6.07, 6.45) is -0.104. The van der Waals surface area contributed by atoms with Crippen LogP contribution in [-0.4, -0.2) is 32.7 Å². The number of epoxide rings is 1. The molecule has 1 heterocycles. The van der Waals surface area contributed by atoms with Crippen LogP contribution in [0.1, 0.15) is 0 Å². The minimum atomic E-state index is -3.89. The highest BCUT2D eigenvalue weighted by Crippen LogP contribution is 2.31. The van der Waals surface area contributed by atoms with Crippen molar-refractivity contribution >= 4 is 21.4 Å². The Balaban J connectivity index is 1.88. The lowest BCUT2D eigenvalue weighted by Gasteiger charge is -2.10. The zero-order valence-electron chi connectivity index (χ0n) is 12.4. The first kappa shape index (κ1) is 16.2. The molecule has 0 spiro atoms. The van der Waals surface area contributed by atoms with E-state index >= 15 is 0 Å². The summed E-state index contributed by atoms with van der Waals surface area (Å²) >= 11 is 0. The largest absolute Gasteiger partial charge is 0.484 e. The van der Waals surface area contributed by atoms with E-state index in [1.165, 1.54) is 6.07 Å². The van der Waals surface area contributed by atoms with Crippen LogP contribution in [0.2, 0.25) is 0 Å². The molecule has 126 valence electrons. The monoisotopic (exact) mass is 350 g/mol. The van der Waals surface area contributed by atoms with Crippen LogP contribution in [0.15, 0.2) is 53.4 Å². The van der Waals surface area contributed by atoms with Gasteiger partial charge in [-0.25, -0.2) is 8.42 Å². The number of benzene rings is 2. The number of nitrogens with zero attached hydrogens (tertiary/aromatic N) is 1. The van der Waals surface area contributed by atoms with Crippen LogP contribution in [0.3, 0.4) is 0 Å². The van der Waals surface area contributed by atoms with E-state index in [1.807, 2.05) is 0 Å². The molecule has 2 aromatic carbocycles. The number of nitro groups is 1. The van der Waals surface area contributed by atoms with Crippen LogP contribution in [0, 0.1) is 10.1 Å². The molecule has 1 aliphatic rings. The van der Waals surface area contributed by atoms with Crippen molar-refractivity contribution < 1.29 is 22.8 Å². The summed E-state index contributed by atoms with van der Waals surface area (Å²) in [7, 11) is -3.89. The SMILES string of the molecule is O=[N+]([O-])c1ccc(S(=O)(=O)Nc2ccccc2)cc1OCC1CO1. The van der Waals surface area contributed by atoms with E-state index in [-0.39, 0.29) is 29.0 Å². The molecule has 1 atom stereocenters. The zero-order chi connectivity index (χ0) is 17.2. The second kappa shape index (κ2) is 6.46. The van der Waals surface area contributed by atoms with Crippen molar-refractivity contribution in [2.75, 3.05) is 17.9 Å². The van der Waals surface area contributed by atoms with E-state index in [4.69, 9.17) is 9.47 Å². The summed E-state index contributed by atoms with van der Waals surface area (Å²) in [6, 6.07) is 11.8. The van der Waals surface area contributed by atoms with Crippen molar-refractivity contribution in [3.8, 4) is 5.75 Å². The molecule has 1 unspecified atom stereocenters. The van der Waals surface area contributed by atoms with Gasteiger partial charge >= 0.3 is 5.69 Å². The number of nitro benzene ring substituents is 1. The zero-order valence-corrected chi connectivity index (χ0v) is 13.2. The maximum absolute atomic E-state index is 12.4. The molecule has 0 saturated carbocycles. The first-order valence-corrected chi connectivity index (χ1v) is 8.55. The quantitative estimate of drug-likeness (QED) is 0.465. The number of nitrogens with one attached hydrogen (secondary N) is 1. The van der Waals surface area contributed by atoms with Crippen molar-refractivity contribution in [2.45, 2.75) is 11.0 Å². The van der Waals surface area contributed by atoms with Crippen molar-refractivity contribution in [2.24, 2.45) is 0 Å². The molecule has 3 rings (SSSR count). The summed E-state index contributed by atoms with van der Waals surface area (Å²) in [5, 5.41) is 11.1. The lowest BCUT2D eigenvalue weighted by Crippen LogP contribution is -2.14. The Kier molecular flexibility index (Phi) is 4.36. The van der Waals surface area contributed by atoms with Crippen LogP contribution < -0.4 is 9.46 Å². The predicted molar refractivity (Wildman–Crippen MR) is 85.6 cm³/mol. The van der Waals surface area contributed by atoms with Crippen LogP contribution in [0.4, 0.5) is 11.4 Å². The molecule has 1 fully saturated rings. The van der Waals surface area contributed by atoms with Crippen LogP contribution in [0.25, 0.3) is 0 Å². The molecule has 9 heteroatoms. The molecule has 8 nitrogen and oxygen atoms in total. The predicted octanol–water partition coefficient (Wildman–Crippen LogP) is 2.17. The molecule has 0 radical (unpaired) electrons. The van der Waals surface area contributed by atoms with E-state index < -0.39 is 14.9 Å². The van der Waals surface area contributed by atoms with E-state index in [0.29, 0.717) is 12.3 Å². The third-order valence-electron chi connectivity index (χ3n) is 3.29. The third-order valence-corrected chi connectivity index (χ3v) is 4.67. The fourth-order valence-electron chi connectivity index (χ4n) is 2.00. The fraction of sp³-hybridized carbons (Fsp3) is 0.200. The normalized spacial score (nSPS) is 16.4. The Labute approximate surface area is 138 Å². The summed E-state index contributed by atoms with van der Waals surface area (Å²) in [5.41, 5.74) is 0.0963. The fourth-order valence-corrected chi connectivity index (χ4v) is 3.07. The van der Waals surface area contributed by atoms with Gasteiger partial charge in [-0.05, 0) is 18.2 Å². The Bertz CT molecular complexity index is 850. The Morgan fingerprint density at radius 1 is 1.25 bits per heavy atom. The summed E-state index contributed by atoms with van der Waals surface area (Å²) in [5.74, 6) is -0.105. The lowest BCUT2D eigenvalue weighted by atomic mass is 10.3. The number of para-hydroxylation sites is 1. The summed E-state index contributed by atoms with van der Waals surface area (Å²) in [4.78, 5) is 10.3. The number of rotatable bonds is 7. The lowest BCUT2D eigenvalue weighted by molar-refractivity contribution is -0.385. The maximum atomic E-state index is 12.4. The average Bonchev–Trinajstić information content (AvgIpc) is 3.37. The Morgan fingerprint density at radius 3 is 2.58 bits per heavy atom. The second-order valence-electron chi connectivity index (χ2n) is 5.12. The molecule has 0 amide bonds. The van der Waals surface area contributed by atoms with Gasteiger partial charge in [-0.15, -0.1) is 0 Å². The summed E-state index contributed by atoms with van der Waals surface area (Å²) in [6.45, 7) is 0.664. The van der Waals surface area contributed by atoms with Crippen molar-refractivity contribution in [1.82, 2.24) is 0 Å². The molecule has 1 N–H and O–H groups in total. The number of sulfonamides is 1. The van der Waals surface area contributed by atoms with Crippen molar-refractivity contribution in [3.05, 3.63) is 58.6 Å². The van der Waals surface area contributed by atoms with Gasteiger partial charge in [-0.2, -0.15) is 0 Å². The maximum Gasteiger partial charge on any atom is 0.311 e. The molecule has 2 aromatic rings. The van der Waals surface area contributed by atoms with Gasteiger partial charge in [-0.1, -0.05) is 18.2 Å². The summed E-state index contributed by atoms with van der Waals surface area (Å²) < 4.78 is 37.6. The second-order valence-corrected chi connectivity index (χ2v) is 6.81. The van der Waals surface area contributed by atoms with Crippen molar-refractivity contribution in [3.63, 3.8) is 0 Å². The van der Waals surface area contributed by atoms with Gasteiger partial charge in [0, 0.05) is 17.8 Å². The standard InChI is InChI=1S/C15H14N2O6S/c18-17(19)14-7-6-13(8-15(14)23-10-12-9-22-12)24(20,21)16-11-4-2-1-3-5-11/h1-8,12,16H,9-10H2. The minimum absolute atomic E-state index is 0.104. The van der Waals surface area contributed by atoms with E-state index in [1.54, 1.807) is 30.3 Å². The van der Waals surface area contributed by atoms with Gasteiger partial charge in [0.15, 0.2) is 5.75 Å². The molecule has 0 bridgehead atoms. The molecule has 0 aromatic heterocycles. The topological polar surface area (TPSA) is 111 Å². The van der Waals surface area contributed by atoms with Crippen LogP contribution in [-0.2, 0) is 14.8 Å². The van der Waals surface area contributed by atoms with Crippen molar-refractivity contribution in [1.29, 1.82) is 0 Å². The van der Waals surface area contributed by atoms with E-state index in [2.05, 4.69) is 4.72 Å². The molecular weight excluding hydrogens is 336 g/mol. The highest BCUT2D eigenvalue weighted by Gasteiger charge is 2.26. The first-order valence-electron chi connectivity index (χ1n) is 7.06. The van der Waals surface area contributed by atoms with Gasteiger partial charge < -0.3 is 9.47 Å². The van der Waals surface area contributed by atoms with Crippen LogP contribution in [0.5, 0.6) is 5.75 Å². The van der Waals surface area contributed by atoms with Gasteiger partial charge in [-0.3, -0.25) is 14.8 Å². The Hall–Kier alpha value is -2.65. The van der Waals surface area contributed by atoms with E-state index in [0.717, 1.165) is 12.1 Å². The van der Waals surface area contributed by atoms with Gasteiger partial charge in [0.25, 0.3) is 10.0 Å². The number of hydrogen-bond acceptors (Lipinski definition) is 6. The molecule has 1 saturated heterocycles. The van der Waals surface area contributed by atoms with Crippen LogP contribution >= 0.6 is 0 Å².